The van der Waals surface area contributed by atoms with Crippen LogP contribution in [0.1, 0.15) is 38.9 Å². The van der Waals surface area contributed by atoms with Gasteiger partial charge in [0.1, 0.15) is 24.7 Å². The first kappa shape index (κ1) is 30.9. The lowest BCUT2D eigenvalue weighted by Gasteiger charge is -2.16. The van der Waals surface area contributed by atoms with Gasteiger partial charge in [0.05, 0.1) is 28.9 Å². The number of halogens is 12. The van der Waals surface area contributed by atoms with E-state index in [0.717, 1.165) is 18.2 Å². The lowest BCUT2D eigenvalue weighted by atomic mass is 10.1. The number of rotatable bonds is 7. The fourth-order valence-electron chi connectivity index (χ4n) is 3.43. The minimum atomic E-state index is -5.09. The van der Waals surface area contributed by atoms with Crippen molar-refractivity contribution in [3.8, 4) is 11.5 Å². The maximum absolute atomic E-state index is 13.1. The second kappa shape index (κ2) is 11.1. The van der Waals surface area contributed by atoms with E-state index in [1.165, 1.54) is 0 Å². The van der Waals surface area contributed by atoms with Gasteiger partial charge in [0.25, 0.3) is 0 Å². The van der Waals surface area contributed by atoms with Crippen LogP contribution in [0.2, 0.25) is 0 Å². The van der Waals surface area contributed by atoms with Gasteiger partial charge in [0.2, 0.25) is 0 Å². The average Bonchev–Trinajstić information content (AvgIpc) is 2.83. The van der Waals surface area contributed by atoms with Crippen LogP contribution < -0.4 is 9.47 Å². The van der Waals surface area contributed by atoms with E-state index in [9.17, 15) is 57.8 Å². The Morgan fingerprint density at radius 1 is 0.425 bits per heavy atom. The average molecular weight is 592 g/mol. The number of aliphatic hydroxyl groups excluding tert-OH is 1. The fraction of sp³-hybridized carbons (Fsp3) is 0.280. The number of hydrogen-bond acceptors (Lipinski definition) is 3. The molecule has 0 aromatic heterocycles. The molecule has 0 saturated carbocycles. The molecule has 0 aliphatic carbocycles. The summed E-state index contributed by atoms with van der Waals surface area (Å²) < 4.78 is 167. The van der Waals surface area contributed by atoms with Crippen LogP contribution in [0.3, 0.4) is 0 Å². The van der Waals surface area contributed by atoms with Gasteiger partial charge in [-0.05, 0) is 65.2 Å². The third kappa shape index (κ3) is 8.19. The maximum atomic E-state index is 13.1. The Kier molecular flexibility index (Phi) is 8.58. The first-order valence-corrected chi connectivity index (χ1v) is 10.8. The quantitative estimate of drug-likeness (QED) is 0.280. The van der Waals surface area contributed by atoms with Gasteiger partial charge in [-0.3, -0.25) is 0 Å². The van der Waals surface area contributed by atoms with Crippen LogP contribution in [-0.2, 0) is 44.5 Å². The molecule has 0 saturated heterocycles. The monoisotopic (exact) mass is 592 g/mol. The minimum Gasteiger partial charge on any atom is -0.489 e. The molecule has 3 nitrogen and oxygen atoms in total. The van der Waals surface area contributed by atoms with E-state index in [0.29, 0.717) is 24.3 Å². The fourth-order valence-corrected chi connectivity index (χ4v) is 3.43. The van der Waals surface area contributed by atoms with Crippen molar-refractivity contribution in [2.45, 2.75) is 44.5 Å². The van der Waals surface area contributed by atoms with Crippen molar-refractivity contribution >= 4 is 0 Å². The maximum Gasteiger partial charge on any atom is 0.416 e. The van der Waals surface area contributed by atoms with Gasteiger partial charge in [-0.15, -0.1) is 0 Å². The van der Waals surface area contributed by atoms with Gasteiger partial charge in [-0.2, -0.15) is 52.7 Å². The van der Waals surface area contributed by atoms with Gasteiger partial charge in [-0.25, -0.2) is 0 Å². The molecule has 3 rings (SSSR count). The minimum absolute atomic E-state index is 0.0487. The third-order valence-corrected chi connectivity index (χ3v) is 5.23. The zero-order valence-electron chi connectivity index (χ0n) is 19.6. The number of benzene rings is 3. The van der Waals surface area contributed by atoms with Crippen molar-refractivity contribution in [3.05, 3.63) is 93.5 Å². The molecule has 0 aliphatic heterocycles. The van der Waals surface area contributed by atoms with E-state index in [1.54, 1.807) is 0 Å². The molecule has 0 aliphatic rings. The molecule has 15 heteroatoms. The molecule has 0 fully saturated rings. The van der Waals surface area contributed by atoms with E-state index in [2.05, 4.69) is 0 Å². The van der Waals surface area contributed by atoms with Crippen molar-refractivity contribution in [3.63, 3.8) is 0 Å². The summed E-state index contributed by atoms with van der Waals surface area (Å²) >= 11 is 0. The summed E-state index contributed by atoms with van der Waals surface area (Å²) in [5.74, 6) is -0.458. The van der Waals surface area contributed by atoms with Crippen molar-refractivity contribution in [2.75, 3.05) is 0 Å². The van der Waals surface area contributed by atoms with Crippen LogP contribution in [-0.4, -0.2) is 5.11 Å². The van der Waals surface area contributed by atoms with Crippen LogP contribution in [0.25, 0.3) is 0 Å². The molecule has 0 unspecified atom stereocenters. The van der Waals surface area contributed by atoms with Crippen molar-refractivity contribution in [2.24, 2.45) is 0 Å². The van der Waals surface area contributed by atoms with Crippen LogP contribution in [0.5, 0.6) is 11.5 Å². The topological polar surface area (TPSA) is 38.7 Å². The second-order valence-electron chi connectivity index (χ2n) is 8.38. The predicted octanol–water partition coefficient (Wildman–Crippen LogP) is 8.41. The number of aliphatic hydroxyl groups is 1. The van der Waals surface area contributed by atoms with Crippen LogP contribution in [0, 0.1) is 0 Å². The van der Waals surface area contributed by atoms with Gasteiger partial charge in [0, 0.05) is 6.07 Å². The highest BCUT2D eigenvalue weighted by atomic mass is 19.4. The molecule has 3 aromatic rings. The smallest absolute Gasteiger partial charge is 0.416 e. The lowest BCUT2D eigenvalue weighted by Crippen LogP contribution is -2.12. The van der Waals surface area contributed by atoms with Gasteiger partial charge < -0.3 is 14.6 Å². The zero-order valence-corrected chi connectivity index (χ0v) is 19.6. The molecule has 0 radical (unpaired) electrons. The Balaban J connectivity index is 1.85. The Bertz CT molecular complexity index is 1180. The molecule has 3 aromatic carbocycles. The second-order valence-corrected chi connectivity index (χ2v) is 8.38. The Morgan fingerprint density at radius 2 is 0.725 bits per heavy atom. The van der Waals surface area contributed by atoms with Gasteiger partial charge in [-0.1, -0.05) is 0 Å². The predicted molar refractivity (Wildman–Crippen MR) is 114 cm³/mol. The summed E-state index contributed by atoms with van der Waals surface area (Å²) in [5, 5.41) is 9.45. The van der Waals surface area contributed by atoms with Crippen molar-refractivity contribution in [1.29, 1.82) is 0 Å². The molecular weight excluding hydrogens is 576 g/mol. The normalized spacial score (nSPS) is 12.9. The molecular formula is C25H16F12O3. The van der Waals surface area contributed by atoms with Gasteiger partial charge in [0.15, 0.2) is 0 Å². The molecule has 0 atom stereocenters. The number of ether oxygens (including phenoxy) is 2. The number of alkyl halides is 12. The Morgan fingerprint density at radius 3 is 0.975 bits per heavy atom. The summed E-state index contributed by atoms with van der Waals surface area (Å²) in [7, 11) is 0. The Labute approximate surface area is 217 Å². The number of hydrogen-bond donors (Lipinski definition) is 1. The summed E-state index contributed by atoms with van der Waals surface area (Å²) in [4.78, 5) is 0. The molecule has 0 bridgehead atoms. The van der Waals surface area contributed by atoms with E-state index in [1.807, 2.05) is 0 Å². The SMILES string of the molecule is OCc1cc(OCc2cc(C(F)(F)F)cc(C(F)(F)F)c2)cc(OCc2cc(C(F)(F)F)cc(C(F)(F)F)c2)c1. The third-order valence-electron chi connectivity index (χ3n) is 5.23. The van der Waals surface area contributed by atoms with Crippen LogP contribution >= 0.6 is 0 Å². The molecule has 0 spiro atoms. The van der Waals surface area contributed by atoms with E-state index < -0.39 is 77.9 Å². The first-order valence-electron chi connectivity index (χ1n) is 10.8. The van der Waals surface area contributed by atoms with Crippen LogP contribution in [0.15, 0.2) is 54.6 Å². The van der Waals surface area contributed by atoms with Crippen molar-refractivity contribution < 1.29 is 67.3 Å². The standard InChI is InChI=1S/C25H16F12O3/c26-22(27,28)16-1-14(2-17(7-16)23(29,30)31)11-39-20-5-13(10-38)6-21(9-20)40-12-15-3-18(24(32,33)34)8-19(4-15)25(35,36)37/h1-9,38H,10-12H2. The molecule has 0 heterocycles. The highest BCUT2D eigenvalue weighted by Gasteiger charge is 2.38. The summed E-state index contributed by atoms with van der Waals surface area (Å²) in [5.41, 5.74) is -7.28. The summed E-state index contributed by atoms with van der Waals surface area (Å²) in [6.45, 7) is -2.27. The van der Waals surface area contributed by atoms with Crippen molar-refractivity contribution in [1.82, 2.24) is 0 Å². The highest BCUT2D eigenvalue weighted by molar-refractivity contribution is 5.40. The lowest BCUT2D eigenvalue weighted by molar-refractivity contribution is -0.144. The van der Waals surface area contributed by atoms with Gasteiger partial charge >= 0.3 is 24.7 Å². The summed E-state index contributed by atoms with van der Waals surface area (Å²) in [6.07, 6.45) is -20.4. The highest BCUT2D eigenvalue weighted by Crippen LogP contribution is 2.38. The van der Waals surface area contributed by atoms with Crippen LogP contribution in [0.4, 0.5) is 52.7 Å². The van der Waals surface area contributed by atoms with E-state index >= 15 is 0 Å². The van der Waals surface area contributed by atoms with E-state index in [-0.39, 0.29) is 29.2 Å². The zero-order chi connectivity index (χ0) is 30.1. The molecule has 40 heavy (non-hydrogen) atoms. The van der Waals surface area contributed by atoms with E-state index in [4.69, 9.17) is 9.47 Å². The largest absolute Gasteiger partial charge is 0.489 e. The summed E-state index contributed by atoms with van der Waals surface area (Å²) in [6, 6.07) is 4.95. The molecule has 0 amide bonds. The first-order chi connectivity index (χ1) is 18.3. The Hall–Kier alpha value is -3.62. The molecule has 1 N–H and O–H groups in total. The molecule has 218 valence electrons.